The highest BCUT2D eigenvalue weighted by Gasteiger charge is 2.15. The predicted octanol–water partition coefficient (Wildman–Crippen LogP) is 4.00. The van der Waals surface area contributed by atoms with Crippen molar-refractivity contribution in [3.8, 4) is 11.8 Å². The van der Waals surface area contributed by atoms with Gasteiger partial charge in [-0.3, -0.25) is 0 Å². The van der Waals surface area contributed by atoms with Crippen LogP contribution < -0.4 is 0 Å². The van der Waals surface area contributed by atoms with Gasteiger partial charge in [-0.2, -0.15) is 0 Å². The fourth-order valence-corrected chi connectivity index (χ4v) is 2.12. The van der Waals surface area contributed by atoms with Crippen molar-refractivity contribution in [2.75, 3.05) is 0 Å². The fraction of sp³-hybridized carbons (Fsp3) is 0.467. The number of hydrogen-bond donors (Lipinski definition) is 0. The number of hydrogen-bond acceptors (Lipinski definition) is 0. The van der Waals surface area contributed by atoms with Gasteiger partial charge in [-0.15, -0.1) is 0 Å². The quantitative estimate of drug-likeness (QED) is 0.575. The third-order valence-electron chi connectivity index (χ3n) is 3.28. The van der Waals surface area contributed by atoms with Crippen molar-refractivity contribution in [2.45, 2.75) is 32.6 Å². The van der Waals surface area contributed by atoms with Crippen LogP contribution in [-0.4, -0.2) is 0 Å². The monoisotopic (exact) mass is 216 g/mol. The lowest BCUT2D eigenvalue weighted by Crippen LogP contribution is -2.10. The highest BCUT2D eigenvalue weighted by atomic mass is 19.1. The van der Waals surface area contributed by atoms with Gasteiger partial charge in [0, 0.05) is 11.5 Å². The van der Waals surface area contributed by atoms with Crippen molar-refractivity contribution < 1.29 is 4.39 Å². The molecule has 0 atom stereocenters. The topological polar surface area (TPSA) is 0 Å². The number of rotatable bonds is 0. The number of halogens is 1. The van der Waals surface area contributed by atoms with Gasteiger partial charge in [-0.25, -0.2) is 4.39 Å². The van der Waals surface area contributed by atoms with Crippen LogP contribution in [0.5, 0.6) is 0 Å². The van der Waals surface area contributed by atoms with E-state index in [0.29, 0.717) is 5.92 Å². The van der Waals surface area contributed by atoms with Crippen LogP contribution in [0.25, 0.3) is 0 Å². The molecule has 0 nitrogen and oxygen atoms in total. The Morgan fingerprint density at radius 3 is 2.31 bits per heavy atom. The zero-order chi connectivity index (χ0) is 11.4. The lowest BCUT2D eigenvalue weighted by atomic mass is 9.83. The maximum atomic E-state index is 12.7. The zero-order valence-electron chi connectivity index (χ0n) is 9.67. The van der Waals surface area contributed by atoms with E-state index in [-0.39, 0.29) is 5.82 Å². The molecule has 1 fully saturated rings. The van der Waals surface area contributed by atoms with Gasteiger partial charge in [0.1, 0.15) is 5.82 Å². The summed E-state index contributed by atoms with van der Waals surface area (Å²) < 4.78 is 12.7. The molecule has 1 saturated carbocycles. The van der Waals surface area contributed by atoms with Crippen LogP contribution in [0.15, 0.2) is 24.3 Å². The molecular formula is C15H17F. The molecule has 1 aromatic carbocycles. The van der Waals surface area contributed by atoms with E-state index in [0.717, 1.165) is 11.5 Å². The second kappa shape index (κ2) is 5.16. The second-order valence-electron chi connectivity index (χ2n) is 4.73. The van der Waals surface area contributed by atoms with Gasteiger partial charge in [-0.1, -0.05) is 18.8 Å². The van der Waals surface area contributed by atoms with Crippen LogP contribution in [0.1, 0.15) is 38.2 Å². The first-order chi connectivity index (χ1) is 7.74. The summed E-state index contributed by atoms with van der Waals surface area (Å²) in [6, 6.07) is 6.42. The van der Waals surface area contributed by atoms with Crippen molar-refractivity contribution in [3.63, 3.8) is 0 Å². The summed E-state index contributed by atoms with van der Waals surface area (Å²) in [6.45, 7) is 2.31. The molecule has 0 amide bonds. The van der Waals surface area contributed by atoms with Gasteiger partial charge in [0.15, 0.2) is 0 Å². The summed E-state index contributed by atoms with van der Waals surface area (Å²) in [6.07, 6.45) is 5.02. The minimum absolute atomic E-state index is 0.197. The molecule has 0 radical (unpaired) electrons. The van der Waals surface area contributed by atoms with E-state index in [9.17, 15) is 4.39 Å². The standard InChI is InChI=1S/C15H17F/c1-12-2-4-13(5-3-12)6-7-14-8-10-15(16)11-9-14/h8-13H,2-5H2,1H3. The molecule has 16 heavy (non-hydrogen) atoms. The van der Waals surface area contributed by atoms with Gasteiger partial charge in [0.2, 0.25) is 0 Å². The SMILES string of the molecule is CC1CCC(C#Cc2ccc(F)cc2)CC1. The summed E-state index contributed by atoms with van der Waals surface area (Å²) in [5.74, 6) is 7.66. The van der Waals surface area contributed by atoms with Crippen LogP contribution in [0.4, 0.5) is 4.39 Å². The first-order valence-electron chi connectivity index (χ1n) is 6.01. The molecule has 0 bridgehead atoms. The van der Waals surface area contributed by atoms with E-state index in [2.05, 4.69) is 18.8 Å². The third kappa shape index (κ3) is 3.10. The molecule has 0 heterocycles. The Hall–Kier alpha value is -1.29. The largest absolute Gasteiger partial charge is 0.207 e. The van der Waals surface area contributed by atoms with Gasteiger partial charge < -0.3 is 0 Å². The van der Waals surface area contributed by atoms with Crippen molar-refractivity contribution >= 4 is 0 Å². The molecule has 84 valence electrons. The van der Waals surface area contributed by atoms with E-state index in [4.69, 9.17) is 0 Å². The Morgan fingerprint density at radius 1 is 1.06 bits per heavy atom. The maximum Gasteiger partial charge on any atom is 0.123 e. The molecule has 0 aliphatic heterocycles. The highest BCUT2D eigenvalue weighted by molar-refractivity contribution is 5.34. The van der Waals surface area contributed by atoms with E-state index in [1.165, 1.54) is 37.8 Å². The van der Waals surface area contributed by atoms with Crippen molar-refractivity contribution in [1.29, 1.82) is 0 Å². The van der Waals surface area contributed by atoms with Crippen LogP contribution in [0.3, 0.4) is 0 Å². The smallest absolute Gasteiger partial charge is 0.123 e. The summed E-state index contributed by atoms with van der Waals surface area (Å²) in [7, 11) is 0. The van der Waals surface area contributed by atoms with E-state index in [1.807, 2.05) is 0 Å². The summed E-state index contributed by atoms with van der Waals surface area (Å²) in [5.41, 5.74) is 0.917. The van der Waals surface area contributed by atoms with Crippen molar-refractivity contribution in [2.24, 2.45) is 11.8 Å². The number of benzene rings is 1. The Morgan fingerprint density at radius 2 is 1.69 bits per heavy atom. The van der Waals surface area contributed by atoms with Gasteiger partial charge >= 0.3 is 0 Å². The molecule has 1 aliphatic carbocycles. The molecule has 1 aromatic rings. The Bertz CT molecular complexity index is 386. The second-order valence-corrected chi connectivity index (χ2v) is 4.73. The molecule has 2 rings (SSSR count). The molecule has 0 spiro atoms. The highest BCUT2D eigenvalue weighted by Crippen LogP contribution is 2.27. The van der Waals surface area contributed by atoms with Crippen LogP contribution >= 0.6 is 0 Å². The van der Waals surface area contributed by atoms with Crippen LogP contribution in [0.2, 0.25) is 0 Å². The van der Waals surface area contributed by atoms with Crippen molar-refractivity contribution in [1.82, 2.24) is 0 Å². The first-order valence-corrected chi connectivity index (χ1v) is 6.01. The lowest BCUT2D eigenvalue weighted by Gasteiger charge is -2.21. The average molecular weight is 216 g/mol. The van der Waals surface area contributed by atoms with Gasteiger partial charge in [-0.05, 0) is 55.9 Å². The Kier molecular flexibility index (Phi) is 3.62. The van der Waals surface area contributed by atoms with Crippen LogP contribution in [-0.2, 0) is 0 Å². The van der Waals surface area contributed by atoms with Gasteiger partial charge in [0.25, 0.3) is 0 Å². The molecule has 0 N–H and O–H groups in total. The minimum Gasteiger partial charge on any atom is -0.207 e. The zero-order valence-corrected chi connectivity index (χ0v) is 9.67. The van der Waals surface area contributed by atoms with E-state index in [1.54, 1.807) is 12.1 Å². The van der Waals surface area contributed by atoms with Gasteiger partial charge in [0.05, 0.1) is 0 Å². The minimum atomic E-state index is -0.197. The Balaban J connectivity index is 1.96. The molecule has 0 aromatic heterocycles. The normalized spacial score (nSPS) is 24.6. The molecular weight excluding hydrogens is 199 g/mol. The summed E-state index contributed by atoms with van der Waals surface area (Å²) in [4.78, 5) is 0. The average Bonchev–Trinajstić information content (AvgIpc) is 2.30. The lowest BCUT2D eigenvalue weighted by molar-refractivity contribution is 0.337. The molecule has 1 heteroatoms. The molecule has 0 unspecified atom stereocenters. The first kappa shape index (κ1) is 11.2. The predicted molar refractivity (Wildman–Crippen MR) is 64.4 cm³/mol. The Labute approximate surface area is 96.9 Å². The fourth-order valence-electron chi connectivity index (χ4n) is 2.12. The van der Waals surface area contributed by atoms with E-state index >= 15 is 0 Å². The molecule has 1 aliphatic rings. The van der Waals surface area contributed by atoms with Crippen LogP contribution in [0, 0.1) is 29.5 Å². The maximum absolute atomic E-state index is 12.7. The summed E-state index contributed by atoms with van der Waals surface area (Å²) in [5, 5.41) is 0. The summed E-state index contributed by atoms with van der Waals surface area (Å²) >= 11 is 0. The van der Waals surface area contributed by atoms with Crippen molar-refractivity contribution in [3.05, 3.63) is 35.6 Å². The van der Waals surface area contributed by atoms with E-state index < -0.39 is 0 Å². The third-order valence-corrected chi connectivity index (χ3v) is 3.28. The molecule has 0 saturated heterocycles.